The zero-order valence-corrected chi connectivity index (χ0v) is 30.4. The minimum atomic E-state index is -1.64. The Balaban J connectivity index is 2.27. The average Bonchev–Trinajstić information content (AvgIpc) is 3.00. The average molecular weight is 761 g/mol. The Morgan fingerprint density at radius 3 is 1.26 bits per heavy atom. The molecule has 2 aromatic rings. The summed E-state index contributed by atoms with van der Waals surface area (Å²) in [5, 5.41) is -1.50. The van der Waals surface area contributed by atoms with Crippen LogP contribution in [0.3, 0.4) is 0 Å². The Hall–Kier alpha value is -1.94. The second-order valence-corrected chi connectivity index (χ2v) is 13.2. The maximum Gasteiger partial charge on any atom is 0.423 e. The Morgan fingerprint density at radius 2 is 0.935 bits per heavy atom. The van der Waals surface area contributed by atoms with E-state index in [0.29, 0.717) is 24.7 Å². The van der Waals surface area contributed by atoms with Crippen molar-refractivity contribution in [2.75, 3.05) is 13.2 Å². The van der Waals surface area contributed by atoms with E-state index in [-0.39, 0.29) is 43.3 Å². The van der Waals surface area contributed by atoms with Crippen molar-refractivity contribution >= 4 is 93.5 Å². The van der Waals surface area contributed by atoms with Crippen molar-refractivity contribution < 1.29 is 38.1 Å². The minimum Gasteiger partial charge on any atom is -0.462 e. The molecule has 0 bridgehead atoms. The Bertz CT molecular complexity index is 1310. The van der Waals surface area contributed by atoms with Gasteiger partial charge in [0.15, 0.2) is 11.5 Å². The van der Waals surface area contributed by atoms with Gasteiger partial charge in [0.1, 0.15) is 11.1 Å². The first-order valence-electron chi connectivity index (χ1n) is 14.9. The van der Waals surface area contributed by atoms with Gasteiger partial charge in [-0.15, -0.1) is 0 Å². The maximum absolute atomic E-state index is 13.0. The normalized spacial score (nSPS) is 12.3. The number of carbonyl (C=O) groups excluding carboxylic acids is 4. The largest absolute Gasteiger partial charge is 0.462 e. The second kappa shape index (κ2) is 19.8. The molecule has 2 unspecified atom stereocenters. The fourth-order valence-electron chi connectivity index (χ4n) is 4.23. The first-order chi connectivity index (χ1) is 21.7. The molecule has 0 aliphatic carbocycles. The van der Waals surface area contributed by atoms with E-state index >= 15 is 0 Å². The smallest absolute Gasteiger partial charge is 0.423 e. The lowest BCUT2D eigenvalue weighted by molar-refractivity contribution is -0.156. The minimum absolute atomic E-state index is 0.0476. The van der Waals surface area contributed by atoms with Gasteiger partial charge in [0.05, 0.1) is 43.3 Å². The van der Waals surface area contributed by atoms with Gasteiger partial charge in [-0.1, -0.05) is 136 Å². The van der Waals surface area contributed by atoms with Crippen LogP contribution in [0.5, 0.6) is 11.5 Å². The molecule has 0 saturated carbocycles. The summed E-state index contributed by atoms with van der Waals surface area (Å²) in [5.41, 5.74) is -0.932. The third kappa shape index (κ3) is 11.6. The molecular weight excluding hydrogens is 725 g/mol. The summed E-state index contributed by atoms with van der Waals surface area (Å²) in [6.07, 6.45) is 7.23. The summed E-state index contributed by atoms with van der Waals surface area (Å²) in [6, 6.07) is 2.24. The predicted octanol–water partition coefficient (Wildman–Crippen LogP) is 10.9. The van der Waals surface area contributed by atoms with E-state index in [1.807, 2.05) is 13.8 Å². The predicted molar refractivity (Wildman–Crippen MR) is 181 cm³/mol. The van der Waals surface area contributed by atoms with Crippen molar-refractivity contribution in [3.05, 3.63) is 53.4 Å². The van der Waals surface area contributed by atoms with Crippen molar-refractivity contribution in [3.8, 4) is 11.5 Å². The van der Waals surface area contributed by atoms with Crippen LogP contribution in [0, 0.1) is 11.8 Å². The number of hydrogen-bond donors (Lipinski definition) is 0. The SMILES string of the molecule is CCCCC(C)CCOC(=O)c1c(Cl)c(Cl)cc(Cl)c1OC(=O)C(=O)Oc1c(Cl)cc(Cl)c(Cl)c1C(=O)OCCC(C)CCCC. The van der Waals surface area contributed by atoms with Crippen LogP contribution in [0.1, 0.15) is 99.8 Å². The summed E-state index contributed by atoms with van der Waals surface area (Å²) in [4.78, 5) is 51.9. The molecule has 0 fully saturated rings. The quantitative estimate of drug-likeness (QED) is 0.0721. The number of hydrogen-bond acceptors (Lipinski definition) is 8. The number of unbranched alkanes of at least 4 members (excludes halogenated alkanes) is 2. The molecule has 0 radical (unpaired) electrons. The van der Waals surface area contributed by atoms with Gasteiger partial charge >= 0.3 is 23.9 Å². The number of rotatable bonds is 16. The van der Waals surface area contributed by atoms with Gasteiger partial charge in [0.25, 0.3) is 0 Å². The summed E-state index contributed by atoms with van der Waals surface area (Å²) in [7, 11) is 0. The van der Waals surface area contributed by atoms with Crippen LogP contribution in [0.25, 0.3) is 0 Å². The van der Waals surface area contributed by atoms with E-state index < -0.39 is 46.5 Å². The van der Waals surface area contributed by atoms with Gasteiger partial charge in [-0.25, -0.2) is 19.2 Å². The standard InChI is InChI=1S/C32H36Cl6O8/c1-5-7-9-17(3)11-13-43-29(39)23-25(37)19(33)15-21(35)27(23)45-31(41)32(42)46-28-22(36)16-20(34)26(38)24(28)30(40)44-14-12-18(4)10-8-6-2/h15-18H,5-14H2,1-4H3. The highest BCUT2D eigenvalue weighted by molar-refractivity contribution is 6.47. The highest BCUT2D eigenvalue weighted by atomic mass is 35.5. The molecule has 0 aliphatic rings. The van der Waals surface area contributed by atoms with Crippen LogP contribution in [0.2, 0.25) is 30.1 Å². The van der Waals surface area contributed by atoms with Crippen LogP contribution in [0.15, 0.2) is 12.1 Å². The fraction of sp³-hybridized carbons (Fsp3) is 0.500. The highest BCUT2D eigenvalue weighted by Gasteiger charge is 2.32. The molecule has 8 nitrogen and oxygen atoms in total. The van der Waals surface area contributed by atoms with Crippen molar-refractivity contribution in [3.63, 3.8) is 0 Å². The van der Waals surface area contributed by atoms with Gasteiger partial charge < -0.3 is 18.9 Å². The molecule has 0 saturated heterocycles. The molecule has 0 spiro atoms. The van der Waals surface area contributed by atoms with Gasteiger partial charge in [-0.2, -0.15) is 0 Å². The first-order valence-corrected chi connectivity index (χ1v) is 17.1. The van der Waals surface area contributed by atoms with Crippen LogP contribution < -0.4 is 9.47 Å². The van der Waals surface area contributed by atoms with Gasteiger partial charge in [0.2, 0.25) is 0 Å². The van der Waals surface area contributed by atoms with E-state index in [2.05, 4.69) is 13.8 Å². The number of carbonyl (C=O) groups is 4. The van der Waals surface area contributed by atoms with E-state index in [1.54, 1.807) is 0 Å². The van der Waals surface area contributed by atoms with Crippen molar-refractivity contribution in [2.45, 2.75) is 79.1 Å². The summed E-state index contributed by atoms with van der Waals surface area (Å²) in [6.45, 7) is 8.33. The zero-order valence-electron chi connectivity index (χ0n) is 25.9. The number of ether oxygens (including phenoxy) is 4. The van der Waals surface area contributed by atoms with Crippen LogP contribution in [0.4, 0.5) is 0 Å². The first kappa shape index (κ1) is 40.2. The zero-order chi connectivity index (χ0) is 34.6. The van der Waals surface area contributed by atoms with E-state index in [4.69, 9.17) is 88.6 Å². The molecule has 2 rings (SSSR count). The lowest BCUT2D eigenvalue weighted by atomic mass is 10.0. The maximum atomic E-state index is 13.0. The molecule has 2 atom stereocenters. The van der Waals surface area contributed by atoms with Crippen LogP contribution in [-0.4, -0.2) is 37.1 Å². The molecule has 0 aliphatic heterocycles. The molecule has 0 heterocycles. The number of halogens is 6. The second-order valence-electron chi connectivity index (χ2n) is 10.8. The van der Waals surface area contributed by atoms with Crippen molar-refractivity contribution in [2.24, 2.45) is 11.8 Å². The lowest BCUT2D eigenvalue weighted by Crippen LogP contribution is -2.27. The molecular formula is C32H36Cl6O8. The van der Waals surface area contributed by atoms with Gasteiger partial charge in [-0.05, 0) is 36.8 Å². The van der Waals surface area contributed by atoms with E-state index in [1.165, 1.54) is 0 Å². The summed E-state index contributed by atoms with van der Waals surface area (Å²) < 4.78 is 21.0. The molecule has 2 aromatic carbocycles. The van der Waals surface area contributed by atoms with Gasteiger partial charge in [-0.3, -0.25) is 0 Å². The Kier molecular flexibility index (Phi) is 17.3. The van der Waals surface area contributed by atoms with Crippen molar-refractivity contribution in [1.82, 2.24) is 0 Å². The van der Waals surface area contributed by atoms with Crippen LogP contribution >= 0.6 is 69.6 Å². The topological polar surface area (TPSA) is 105 Å². The number of benzene rings is 2. The van der Waals surface area contributed by atoms with E-state index in [9.17, 15) is 19.2 Å². The molecule has 0 amide bonds. The van der Waals surface area contributed by atoms with Crippen LogP contribution in [-0.2, 0) is 19.1 Å². The number of esters is 4. The Morgan fingerprint density at radius 1 is 0.587 bits per heavy atom. The van der Waals surface area contributed by atoms with Crippen molar-refractivity contribution in [1.29, 1.82) is 0 Å². The summed E-state index contributed by atoms with van der Waals surface area (Å²) >= 11 is 37.2. The fourth-order valence-corrected chi connectivity index (χ4v) is 5.67. The Labute approximate surface area is 299 Å². The molecule has 46 heavy (non-hydrogen) atoms. The molecule has 254 valence electrons. The molecule has 0 N–H and O–H groups in total. The van der Waals surface area contributed by atoms with Gasteiger partial charge in [0, 0.05) is 0 Å². The summed E-state index contributed by atoms with van der Waals surface area (Å²) in [5.74, 6) is -5.82. The highest BCUT2D eigenvalue weighted by Crippen LogP contribution is 2.41. The molecule has 14 heteroatoms. The molecule has 0 aromatic heterocycles. The lowest BCUT2D eigenvalue weighted by Gasteiger charge is -2.16. The van der Waals surface area contributed by atoms with E-state index in [0.717, 1.165) is 50.7 Å². The third-order valence-electron chi connectivity index (χ3n) is 7.01. The third-order valence-corrected chi connectivity index (χ3v) is 9.14. The monoisotopic (exact) mass is 758 g/mol.